The van der Waals surface area contributed by atoms with Crippen molar-refractivity contribution >= 4 is 46.1 Å². The lowest BCUT2D eigenvalue weighted by molar-refractivity contribution is -0.133. The van der Waals surface area contributed by atoms with Crippen LogP contribution in [0, 0.1) is 11.6 Å². The van der Waals surface area contributed by atoms with E-state index in [2.05, 4.69) is 15.6 Å². The van der Waals surface area contributed by atoms with E-state index in [1.54, 1.807) is 19.2 Å². The molecule has 5 N–H and O–H groups in total. The second-order valence-electron chi connectivity index (χ2n) is 9.38. The summed E-state index contributed by atoms with van der Waals surface area (Å²) in [6.45, 7) is -0.459. The van der Waals surface area contributed by atoms with E-state index < -0.39 is 42.3 Å². The topological polar surface area (TPSA) is 147 Å². The maximum absolute atomic E-state index is 13.8. The average molecular weight is 592 g/mol. The van der Waals surface area contributed by atoms with E-state index in [0.29, 0.717) is 29.2 Å². The molecule has 1 unspecified atom stereocenters. The molecule has 0 saturated carbocycles. The molecule has 0 aliphatic carbocycles. The molecule has 0 radical (unpaired) electrons. The maximum Gasteiger partial charge on any atom is 0.412 e. The fourth-order valence-electron chi connectivity index (χ4n) is 4.01. The van der Waals surface area contributed by atoms with Crippen molar-refractivity contribution in [2.75, 3.05) is 32.1 Å². The van der Waals surface area contributed by atoms with Crippen molar-refractivity contribution in [2.24, 2.45) is 5.73 Å². The zero-order valence-corrected chi connectivity index (χ0v) is 23.2. The Balaban J connectivity index is 1.61. The fraction of sp³-hybridized carbons (Fsp3) is 0.357. The Hall–Kier alpha value is -3.87. The van der Waals surface area contributed by atoms with E-state index in [0.717, 1.165) is 0 Å². The molecule has 0 bridgehead atoms. The Kier molecular flexibility index (Phi) is 11.7. The predicted molar refractivity (Wildman–Crippen MR) is 150 cm³/mol. The van der Waals surface area contributed by atoms with E-state index in [-0.39, 0.29) is 42.7 Å². The molecule has 0 saturated heterocycles. The minimum Gasteiger partial charge on any atom is -0.447 e. The number of nitrogens with zero attached hydrogens (tertiary/aromatic N) is 2. The van der Waals surface area contributed by atoms with Gasteiger partial charge in [-0.25, -0.2) is 18.6 Å². The van der Waals surface area contributed by atoms with Crippen LogP contribution in [0.4, 0.5) is 19.4 Å². The Morgan fingerprint density at radius 2 is 1.95 bits per heavy atom. The summed E-state index contributed by atoms with van der Waals surface area (Å²) in [7, 11) is 1.56. The van der Waals surface area contributed by atoms with E-state index in [1.807, 2.05) is 0 Å². The molecule has 0 aliphatic rings. The Morgan fingerprint density at radius 3 is 2.71 bits per heavy atom. The number of aliphatic hydroxyl groups excluding tert-OH is 1. The van der Waals surface area contributed by atoms with Gasteiger partial charge in [0.15, 0.2) is 0 Å². The van der Waals surface area contributed by atoms with Gasteiger partial charge in [-0.2, -0.15) is 0 Å². The minimum absolute atomic E-state index is 0.0298. The largest absolute Gasteiger partial charge is 0.447 e. The highest BCUT2D eigenvalue weighted by molar-refractivity contribution is 6.31. The van der Waals surface area contributed by atoms with Crippen molar-refractivity contribution in [3.8, 4) is 0 Å². The lowest BCUT2D eigenvalue weighted by Crippen LogP contribution is -2.44. The van der Waals surface area contributed by atoms with Crippen LogP contribution in [0.3, 0.4) is 0 Å². The van der Waals surface area contributed by atoms with Crippen molar-refractivity contribution in [3.63, 3.8) is 0 Å². The molecule has 3 rings (SSSR count). The second kappa shape index (κ2) is 15.2. The number of benzene rings is 2. The van der Waals surface area contributed by atoms with Crippen molar-refractivity contribution in [1.82, 2.24) is 15.2 Å². The lowest BCUT2D eigenvalue weighted by atomic mass is 10.1. The predicted octanol–water partition coefficient (Wildman–Crippen LogP) is 3.39. The zero-order valence-electron chi connectivity index (χ0n) is 22.4. The van der Waals surface area contributed by atoms with Crippen LogP contribution in [0.2, 0.25) is 5.02 Å². The number of hydrogen-bond donors (Lipinski definition) is 4. The highest BCUT2D eigenvalue weighted by Crippen LogP contribution is 2.22. The molecule has 0 aliphatic heterocycles. The summed E-state index contributed by atoms with van der Waals surface area (Å²) < 4.78 is 32.7. The van der Waals surface area contributed by atoms with Gasteiger partial charge in [-0.05, 0) is 60.5 Å². The highest BCUT2D eigenvalue weighted by atomic mass is 35.5. The van der Waals surface area contributed by atoms with E-state index in [9.17, 15) is 23.2 Å². The highest BCUT2D eigenvalue weighted by Gasteiger charge is 2.22. The third kappa shape index (κ3) is 9.34. The first-order valence-electron chi connectivity index (χ1n) is 12.9. The average Bonchev–Trinajstić information content (AvgIpc) is 2.96. The van der Waals surface area contributed by atoms with Gasteiger partial charge in [-0.3, -0.25) is 14.9 Å². The molecular weight excluding hydrogens is 560 g/mol. The number of halogens is 3. The molecule has 2 atom stereocenters. The molecule has 41 heavy (non-hydrogen) atoms. The number of likely N-dealkylation sites (N-methyl/N-ethyl adjacent to an activating group) is 1. The SMILES string of the molecule is CN(C(=O)CCc1cccc(F)c1Cl)[C@@H](CCCNC(=O)C(N)CO)COC(=O)Nc1cc2cc(F)ccc2cn1. The van der Waals surface area contributed by atoms with E-state index in [1.165, 1.54) is 41.4 Å². The summed E-state index contributed by atoms with van der Waals surface area (Å²) in [6, 6.07) is 8.46. The number of ether oxygens (including phenoxy) is 1. The summed E-state index contributed by atoms with van der Waals surface area (Å²) in [5, 5.41) is 15.3. The first-order valence-corrected chi connectivity index (χ1v) is 13.3. The maximum atomic E-state index is 13.8. The van der Waals surface area contributed by atoms with Crippen molar-refractivity contribution < 1.29 is 33.0 Å². The number of amides is 3. The van der Waals surface area contributed by atoms with Gasteiger partial charge in [0.2, 0.25) is 11.8 Å². The molecular formula is C28H32ClF2N5O5. The number of pyridine rings is 1. The van der Waals surface area contributed by atoms with Gasteiger partial charge in [0.25, 0.3) is 0 Å². The van der Waals surface area contributed by atoms with Crippen LogP contribution in [0.15, 0.2) is 48.7 Å². The molecule has 1 aromatic heterocycles. The monoisotopic (exact) mass is 591 g/mol. The standard InChI is InChI=1S/C28H32ClF2N5O5/c1-36(25(38)10-8-17-4-2-6-22(31)26(17)29)21(5-3-11-33-27(39)23(32)15-37)16-41-28(40)35-24-13-19-12-20(30)9-7-18(19)14-34-24/h2,4,6-7,9,12-14,21,23,37H,3,5,8,10-11,15-16,32H2,1H3,(H,33,39)(H,34,35,40)/t21-,23?/m0/s1. The Morgan fingerprint density at radius 1 is 1.17 bits per heavy atom. The quantitative estimate of drug-likeness (QED) is 0.223. The molecule has 2 aromatic carbocycles. The zero-order chi connectivity index (χ0) is 29.9. The third-order valence-corrected chi connectivity index (χ3v) is 6.87. The normalized spacial score (nSPS) is 12.4. The molecule has 10 nitrogen and oxygen atoms in total. The lowest BCUT2D eigenvalue weighted by Gasteiger charge is -2.28. The van der Waals surface area contributed by atoms with Crippen LogP contribution in [-0.2, 0) is 20.7 Å². The number of carbonyl (C=O) groups excluding carboxylic acids is 3. The first kappa shape index (κ1) is 31.7. The van der Waals surface area contributed by atoms with Crippen molar-refractivity contribution in [1.29, 1.82) is 0 Å². The van der Waals surface area contributed by atoms with Crippen molar-refractivity contribution in [3.05, 3.63) is 70.9 Å². The second-order valence-corrected chi connectivity index (χ2v) is 9.76. The number of fused-ring (bicyclic) bond motifs is 1. The number of aliphatic hydroxyl groups is 1. The third-order valence-electron chi connectivity index (χ3n) is 6.45. The smallest absolute Gasteiger partial charge is 0.412 e. The Labute approximate surface area is 240 Å². The number of aromatic nitrogens is 1. The molecule has 3 amide bonds. The number of anilines is 1. The number of nitrogens with two attached hydrogens (primary N) is 1. The molecule has 3 aromatic rings. The van der Waals surface area contributed by atoms with Crippen LogP contribution in [-0.4, -0.2) is 71.8 Å². The molecule has 1 heterocycles. The molecule has 13 heteroatoms. The van der Waals surface area contributed by atoms with Gasteiger partial charge in [0, 0.05) is 31.6 Å². The number of aryl methyl sites for hydroxylation is 1. The van der Waals surface area contributed by atoms with Crippen LogP contribution in [0.5, 0.6) is 0 Å². The summed E-state index contributed by atoms with van der Waals surface area (Å²) in [6.07, 6.45) is 1.65. The summed E-state index contributed by atoms with van der Waals surface area (Å²) in [4.78, 5) is 42.9. The number of nitrogens with one attached hydrogen (secondary N) is 2. The van der Waals surface area contributed by atoms with Gasteiger partial charge in [0.05, 0.1) is 17.7 Å². The van der Waals surface area contributed by atoms with Gasteiger partial charge in [-0.1, -0.05) is 23.7 Å². The van der Waals surface area contributed by atoms with Crippen LogP contribution < -0.4 is 16.4 Å². The molecule has 220 valence electrons. The van der Waals surface area contributed by atoms with E-state index in [4.69, 9.17) is 27.2 Å². The fourth-order valence-corrected chi connectivity index (χ4v) is 4.23. The van der Waals surface area contributed by atoms with Crippen LogP contribution >= 0.6 is 11.6 Å². The van der Waals surface area contributed by atoms with Gasteiger partial charge in [0.1, 0.15) is 30.1 Å². The Bertz CT molecular complexity index is 1380. The summed E-state index contributed by atoms with van der Waals surface area (Å²) in [5.41, 5.74) is 5.99. The van der Waals surface area contributed by atoms with Crippen LogP contribution in [0.25, 0.3) is 10.8 Å². The summed E-state index contributed by atoms with van der Waals surface area (Å²) in [5.74, 6) is -1.65. The van der Waals surface area contributed by atoms with Crippen LogP contribution in [0.1, 0.15) is 24.8 Å². The molecule has 0 fully saturated rings. The van der Waals surface area contributed by atoms with Gasteiger partial charge >= 0.3 is 6.09 Å². The summed E-state index contributed by atoms with van der Waals surface area (Å²) >= 11 is 6.01. The first-order chi connectivity index (χ1) is 19.6. The van der Waals surface area contributed by atoms with Gasteiger partial charge in [-0.15, -0.1) is 0 Å². The number of carbonyl (C=O) groups is 3. The number of hydrogen-bond acceptors (Lipinski definition) is 7. The van der Waals surface area contributed by atoms with Gasteiger partial charge < -0.3 is 25.8 Å². The minimum atomic E-state index is -1.04. The van der Waals surface area contributed by atoms with E-state index >= 15 is 0 Å². The molecule has 0 spiro atoms. The van der Waals surface area contributed by atoms with Crippen molar-refractivity contribution in [2.45, 2.75) is 37.8 Å². The number of rotatable bonds is 13.